The largest absolute Gasteiger partial charge is 0.478 e. The maximum absolute atomic E-state index is 10.8. The summed E-state index contributed by atoms with van der Waals surface area (Å²) in [5.41, 5.74) is 2.27. The van der Waals surface area contributed by atoms with Crippen molar-refractivity contribution in [3.8, 4) is 11.1 Å². The van der Waals surface area contributed by atoms with Crippen LogP contribution in [0.25, 0.3) is 11.1 Å². The van der Waals surface area contributed by atoms with Crippen LogP contribution < -0.4 is 0 Å². The van der Waals surface area contributed by atoms with Crippen LogP contribution in [0.15, 0.2) is 54.6 Å². The summed E-state index contributed by atoms with van der Waals surface area (Å²) in [5, 5.41) is 8.86. The Bertz CT molecular complexity index is 672. The molecule has 0 saturated carbocycles. The number of carboxylic acids is 1. The first-order valence-electron chi connectivity index (χ1n) is 6.58. The molecule has 0 unspecified atom stereocenters. The first kappa shape index (κ1) is 21.0. The molecule has 22 heavy (non-hydrogen) atoms. The Morgan fingerprint density at radius 3 is 1.91 bits per heavy atom. The van der Waals surface area contributed by atoms with Crippen LogP contribution in [0.5, 0.6) is 0 Å². The Hall–Kier alpha value is -0.950. The minimum absolute atomic E-state index is 0.316. The van der Waals surface area contributed by atoms with E-state index in [1.165, 1.54) is 0 Å². The fourth-order valence-electron chi connectivity index (χ4n) is 1.46. The van der Waals surface area contributed by atoms with Crippen LogP contribution in [0.3, 0.4) is 0 Å². The van der Waals surface area contributed by atoms with Crippen LogP contribution in [-0.4, -0.2) is 17.3 Å². The number of hydrogen-bond acceptors (Lipinski definition) is 3. The maximum Gasteiger partial charge on any atom is 0.335 e. The van der Waals surface area contributed by atoms with Gasteiger partial charge in [0.1, 0.15) is 0 Å². The van der Waals surface area contributed by atoms with E-state index in [0.717, 1.165) is 11.1 Å². The molecular weight excluding hydrogens is 352 g/mol. The number of carboxylic acid groups (broad SMARTS) is 1. The van der Waals surface area contributed by atoms with E-state index >= 15 is 0 Å². The number of benzene rings is 2. The zero-order valence-electron chi connectivity index (χ0n) is 12.7. The van der Waals surface area contributed by atoms with E-state index in [-0.39, 0.29) is 0 Å². The molecule has 0 fully saturated rings. The molecule has 6 heteroatoms. The Morgan fingerprint density at radius 2 is 1.45 bits per heavy atom. The fourth-order valence-corrected chi connectivity index (χ4v) is 1.46. The van der Waals surface area contributed by atoms with Gasteiger partial charge in [-0.15, -0.1) is 11.7 Å². The van der Waals surface area contributed by atoms with Crippen LogP contribution in [0.2, 0.25) is 0 Å². The SMILES string of the molecule is CC.CS(=S)(=S)S.O=C(O)c1cccc(-c2ccccc2)c1. The molecule has 120 valence electrons. The highest BCUT2D eigenvalue weighted by molar-refractivity contribution is 8.92. The zero-order valence-corrected chi connectivity index (χ0v) is 16.1. The third kappa shape index (κ3) is 9.89. The highest BCUT2D eigenvalue weighted by Gasteiger charge is 2.03. The summed E-state index contributed by atoms with van der Waals surface area (Å²) < 4.78 is 0. The Balaban J connectivity index is 0.000000540. The minimum Gasteiger partial charge on any atom is -0.478 e. The molecule has 2 rings (SSSR count). The zero-order chi connectivity index (χ0) is 17.2. The summed E-state index contributed by atoms with van der Waals surface area (Å²) >= 11 is 13.0. The third-order valence-corrected chi connectivity index (χ3v) is 2.22. The van der Waals surface area contributed by atoms with Crippen LogP contribution in [0, 0.1) is 0 Å². The molecule has 0 aromatic heterocycles. The summed E-state index contributed by atoms with van der Waals surface area (Å²) in [4.78, 5) is 10.8. The standard InChI is InChI=1S/C13H10O2.C2H6.CH4S4/c14-13(15)12-8-4-7-11(9-12)10-5-2-1-3-6-10;1-2;1-5(2,3)4/h1-9H,(H,14,15);1-2H3;1H3,(H,2,3,4). The minimum atomic E-state index is -1.31. The van der Waals surface area contributed by atoms with Gasteiger partial charge in [0.25, 0.3) is 0 Å². The molecule has 0 spiro atoms. The second-order valence-electron chi connectivity index (χ2n) is 3.99. The molecule has 1 N–H and O–H groups in total. The van der Waals surface area contributed by atoms with Gasteiger partial charge in [-0.05, 0) is 58.1 Å². The van der Waals surface area contributed by atoms with Gasteiger partial charge in [0.05, 0.1) is 5.56 Å². The second-order valence-corrected chi connectivity index (χ2v) is 13.8. The van der Waals surface area contributed by atoms with Gasteiger partial charge in [-0.25, -0.2) is 4.79 Å². The summed E-state index contributed by atoms with van der Waals surface area (Å²) in [6.07, 6.45) is 0.459. The molecule has 0 aliphatic heterocycles. The summed E-state index contributed by atoms with van der Waals surface area (Å²) in [5.74, 6) is -0.896. The average molecular weight is 373 g/mol. The van der Waals surface area contributed by atoms with Crippen LogP contribution in [0.4, 0.5) is 0 Å². The normalized spacial score (nSPS) is 9.64. The molecule has 2 aromatic carbocycles. The molecule has 0 saturated heterocycles. The third-order valence-electron chi connectivity index (χ3n) is 2.22. The average Bonchev–Trinajstić information content (AvgIpc) is 2.49. The van der Waals surface area contributed by atoms with Crippen molar-refractivity contribution in [2.45, 2.75) is 13.8 Å². The number of rotatable bonds is 2. The van der Waals surface area contributed by atoms with E-state index < -0.39 is 12.1 Å². The number of carbonyl (C=O) groups is 1. The Labute approximate surface area is 147 Å². The van der Waals surface area contributed by atoms with Crippen molar-refractivity contribution in [3.63, 3.8) is 0 Å². The van der Waals surface area contributed by atoms with Gasteiger partial charge < -0.3 is 5.11 Å². The van der Waals surface area contributed by atoms with Crippen molar-refractivity contribution in [2.75, 3.05) is 6.26 Å². The van der Waals surface area contributed by atoms with Gasteiger partial charge in [-0.3, -0.25) is 0 Å². The van der Waals surface area contributed by atoms with E-state index in [1.54, 1.807) is 24.5 Å². The van der Waals surface area contributed by atoms with E-state index in [4.69, 9.17) is 5.11 Å². The van der Waals surface area contributed by atoms with Gasteiger partial charge in [0, 0.05) is 0 Å². The smallest absolute Gasteiger partial charge is 0.335 e. The van der Waals surface area contributed by atoms with Crippen molar-refractivity contribution in [1.82, 2.24) is 0 Å². The predicted molar refractivity (Wildman–Crippen MR) is 107 cm³/mol. The summed E-state index contributed by atoms with van der Waals surface area (Å²) in [6.45, 7) is 4.00. The highest BCUT2D eigenvalue weighted by atomic mass is 33.5. The molecular formula is C16H20O2S4. The second kappa shape index (κ2) is 10.7. The molecule has 0 radical (unpaired) electrons. The number of hydrogen-bond donors (Lipinski definition) is 2. The number of thiol groups is 1. The van der Waals surface area contributed by atoms with Gasteiger partial charge >= 0.3 is 5.97 Å². The molecule has 0 atom stereocenters. The quantitative estimate of drug-likeness (QED) is 0.596. The highest BCUT2D eigenvalue weighted by Crippen LogP contribution is 2.19. The topological polar surface area (TPSA) is 37.3 Å². The molecule has 0 aliphatic rings. The van der Waals surface area contributed by atoms with Crippen LogP contribution in [0.1, 0.15) is 24.2 Å². The Kier molecular flexibility index (Phi) is 10.3. The summed E-state index contributed by atoms with van der Waals surface area (Å²) in [7, 11) is 0. The van der Waals surface area contributed by atoms with Gasteiger partial charge in [-0.1, -0.05) is 56.3 Å². The van der Waals surface area contributed by atoms with Gasteiger partial charge in [-0.2, -0.15) is 0 Å². The first-order valence-corrected chi connectivity index (χ1v) is 11.5. The molecule has 2 aromatic rings. The van der Waals surface area contributed by atoms with Crippen molar-refractivity contribution in [3.05, 3.63) is 60.2 Å². The molecule has 0 aliphatic carbocycles. The van der Waals surface area contributed by atoms with Crippen molar-refractivity contribution < 1.29 is 9.90 Å². The summed E-state index contributed by atoms with van der Waals surface area (Å²) in [6, 6.07) is 16.7. The predicted octanol–water partition coefficient (Wildman–Crippen LogP) is 4.62. The van der Waals surface area contributed by atoms with Gasteiger partial charge in [0.15, 0.2) is 0 Å². The van der Waals surface area contributed by atoms with E-state index in [2.05, 4.69) is 34.0 Å². The first-order chi connectivity index (χ1) is 10.3. The lowest BCUT2D eigenvalue weighted by Gasteiger charge is -2.02. The van der Waals surface area contributed by atoms with Crippen molar-refractivity contribution >= 4 is 46.2 Å². The molecule has 0 amide bonds. The monoisotopic (exact) mass is 372 g/mol. The van der Waals surface area contributed by atoms with E-state index in [1.807, 2.05) is 50.2 Å². The lowest BCUT2D eigenvalue weighted by Crippen LogP contribution is -1.95. The number of aromatic carboxylic acids is 1. The Morgan fingerprint density at radius 1 is 1.00 bits per heavy atom. The van der Waals surface area contributed by atoms with E-state index in [0.29, 0.717) is 5.56 Å². The fraction of sp³-hybridized carbons (Fsp3) is 0.188. The molecule has 2 nitrogen and oxygen atoms in total. The van der Waals surface area contributed by atoms with Crippen LogP contribution >= 0.6 is 11.7 Å². The molecule has 0 heterocycles. The maximum atomic E-state index is 10.8. The van der Waals surface area contributed by atoms with Crippen molar-refractivity contribution in [2.24, 2.45) is 0 Å². The van der Waals surface area contributed by atoms with E-state index in [9.17, 15) is 4.79 Å². The van der Waals surface area contributed by atoms with Gasteiger partial charge in [0.2, 0.25) is 0 Å². The van der Waals surface area contributed by atoms with Crippen LogP contribution in [-0.2, 0) is 28.6 Å². The lowest BCUT2D eigenvalue weighted by molar-refractivity contribution is 0.0697. The molecule has 0 bridgehead atoms. The van der Waals surface area contributed by atoms with Crippen molar-refractivity contribution in [1.29, 1.82) is 0 Å². The lowest BCUT2D eigenvalue weighted by atomic mass is 10.0.